The van der Waals surface area contributed by atoms with Gasteiger partial charge in [0, 0.05) is 20.6 Å². The molecule has 1 aromatic heterocycles. The van der Waals surface area contributed by atoms with E-state index in [0.717, 1.165) is 4.47 Å². The van der Waals surface area contributed by atoms with Crippen LogP contribution in [0.4, 0.5) is 5.69 Å². The molecule has 3 aromatic carbocycles. The molecule has 9 heteroatoms. The van der Waals surface area contributed by atoms with Gasteiger partial charge in [-0.1, -0.05) is 39.7 Å². The first-order valence-electron chi connectivity index (χ1n) is 10.4. The second kappa shape index (κ2) is 8.79. The summed E-state index contributed by atoms with van der Waals surface area (Å²) in [6.07, 6.45) is 0. The fourth-order valence-corrected chi connectivity index (χ4v) is 4.74. The number of amides is 1. The van der Waals surface area contributed by atoms with Gasteiger partial charge in [-0.05, 0) is 60.2 Å². The van der Waals surface area contributed by atoms with Crippen LogP contribution in [0.25, 0.3) is 11.0 Å². The zero-order chi connectivity index (χ0) is 24.9. The number of phenolic OH excluding ortho intramolecular Hbond substituents is 1. The normalized spacial score (nSPS) is 15.8. The number of benzene rings is 3. The van der Waals surface area contributed by atoms with Gasteiger partial charge in [0.25, 0.3) is 5.91 Å². The van der Waals surface area contributed by atoms with Crippen LogP contribution in [0.1, 0.15) is 22.2 Å². The van der Waals surface area contributed by atoms with Crippen LogP contribution < -0.4 is 9.64 Å². The number of aliphatic hydroxyl groups excluding tert-OH is 1. The van der Waals surface area contributed by atoms with E-state index in [0.29, 0.717) is 27.2 Å². The van der Waals surface area contributed by atoms with Crippen molar-refractivity contribution >= 4 is 55.9 Å². The Labute approximate surface area is 212 Å². The predicted octanol–water partition coefficient (Wildman–Crippen LogP) is 6.35. The summed E-state index contributed by atoms with van der Waals surface area (Å²) >= 11 is 9.55. The Bertz CT molecular complexity index is 1540. The molecule has 176 valence electrons. The van der Waals surface area contributed by atoms with E-state index in [9.17, 15) is 19.8 Å². The van der Waals surface area contributed by atoms with Gasteiger partial charge in [-0.3, -0.25) is 14.5 Å². The molecule has 7 nitrogen and oxygen atoms in total. The highest BCUT2D eigenvalue weighted by Crippen LogP contribution is 2.44. The van der Waals surface area contributed by atoms with Gasteiger partial charge in [0.2, 0.25) is 5.78 Å². The molecule has 35 heavy (non-hydrogen) atoms. The Balaban J connectivity index is 1.68. The number of Topliss-reactive ketones (excluding diaryl/α,β-unsaturated/α-hetero) is 1. The molecule has 2 heterocycles. The highest BCUT2D eigenvalue weighted by atomic mass is 79.9. The topological polar surface area (TPSA) is 100 Å². The van der Waals surface area contributed by atoms with Gasteiger partial charge in [0.05, 0.1) is 18.7 Å². The predicted molar refractivity (Wildman–Crippen MR) is 134 cm³/mol. The van der Waals surface area contributed by atoms with Gasteiger partial charge >= 0.3 is 0 Å². The number of aliphatic hydroxyl groups is 1. The maximum atomic E-state index is 13.7. The van der Waals surface area contributed by atoms with E-state index in [1.165, 1.54) is 24.1 Å². The van der Waals surface area contributed by atoms with Crippen LogP contribution in [-0.2, 0) is 4.79 Å². The minimum Gasteiger partial charge on any atom is -0.504 e. The fourth-order valence-electron chi connectivity index (χ4n) is 4.18. The van der Waals surface area contributed by atoms with Crippen molar-refractivity contribution in [3.8, 4) is 11.5 Å². The van der Waals surface area contributed by atoms with E-state index in [1.54, 1.807) is 54.6 Å². The number of rotatable bonds is 5. The van der Waals surface area contributed by atoms with Gasteiger partial charge in [-0.15, -0.1) is 0 Å². The number of aromatic hydroxyl groups is 1. The van der Waals surface area contributed by atoms with Crippen LogP contribution in [0.2, 0.25) is 5.02 Å². The van der Waals surface area contributed by atoms with Crippen LogP contribution in [0.3, 0.4) is 0 Å². The van der Waals surface area contributed by atoms with Gasteiger partial charge in [0.1, 0.15) is 5.58 Å². The van der Waals surface area contributed by atoms with Gasteiger partial charge in [0.15, 0.2) is 23.0 Å². The third-order valence-corrected chi connectivity index (χ3v) is 6.49. The number of anilines is 1. The highest BCUT2D eigenvalue weighted by molar-refractivity contribution is 9.10. The van der Waals surface area contributed by atoms with E-state index >= 15 is 0 Å². The van der Waals surface area contributed by atoms with Crippen LogP contribution in [0.15, 0.2) is 87.0 Å². The number of halogens is 2. The number of furan rings is 1. The Kier molecular flexibility index (Phi) is 5.78. The average Bonchev–Trinajstić information content (AvgIpc) is 3.37. The molecule has 1 aliphatic rings. The number of fused-ring (bicyclic) bond motifs is 1. The Hall–Kier alpha value is -3.75. The molecule has 4 aromatic rings. The number of ether oxygens (including phenoxy) is 1. The summed E-state index contributed by atoms with van der Waals surface area (Å²) in [6, 6.07) is 16.8. The Morgan fingerprint density at radius 2 is 1.89 bits per heavy atom. The number of ketones is 1. The second-order valence-corrected chi connectivity index (χ2v) is 9.23. The smallest absolute Gasteiger partial charge is 0.294 e. The first kappa shape index (κ1) is 23.0. The van der Waals surface area contributed by atoms with Crippen LogP contribution >= 0.6 is 27.5 Å². The molecule has 5 rings (SSSR count). The SMILES string of the molecule is COc1ccc(C2C(C(=O)c3cc4cc(Br)ccc4o3)=C(O)C(=O)N2c2cccc(Cl)c2)cc1O. The first-order chi connectivity index (χ1) is 16.8. The molecule has 0 saturated carbocycles. The van der Waals surface area contributed by atoms with Crippen molar-refractivity contribution < 1.29 is 29.0 Å². The number of nitrogens with zero attached hydrogens (tertiary/aromatic N) is 1. The summed E-state index contributed by atoms with van der Waals surface area (Å²) in [4.78, 5) is 28.2. The van der Waals surface area contributed by atoms with E-state index in [-0.39, 0.29) is 22.8 Å². The van der Waals surface area contributed by atoms with Gasteiger partial charge < -0.3 is 19.4 Å². The van der Waals surface area contributed by atoms with E-state index in [4.69, 9.17) is 20.8 Å². The standard InChI is InChI=1S/C26H17BrClNO6/c1-34-20-7-5-13(10-18(20)30)23-22(24(31)21-11-14-9-15(27)6-8-19(14)35-21)25(32)26(33)29(23)17-4-2-3-16(28)12-17/h2-12,23,30,32H,1H3. The first-order valence-corrected chi connectivity index (χ1v) is 11.6. The third-order valence-electron chi connectivity index (χ3n) is 5.76. The molecule has 0 saturated heterocycles. The number of phenols is 1. The zero-order valence-electron chi connectivity index (χ0n) is 18.2. The maximum absolute atomic E-state index is 13.7. The summed E-state index contributed by atoms with van der Waals surface area (Å²) in [6.45, 7) is 0. The highest BCUT2D eigenvalue weighted by Gasteiger charge is 2.45. The molecule has 0 aliphatic carbocycles. The van der Waals surface area contributed by atoms with Crippen molar-refractivity contribution in [2.24, 2.45) is 0 Å². The lowest BCUT2D eigenvalue weighted by molar-refractivity contribution is -0.117. The van der Waals surface area contributed by atoms with Gasteiger partial charge in [-0.2, -0.15) is 0 Å². The minimum atomic E-state index is -1.06. The minimum absolute atomic E-state index is 0.0388. The molecule has 0 spiro atoms. The van der Waals surface area contributed by atoms with Crippen molar-refractivity contribution in [1.82, 2.24) is 0 Å². The van der Waals surface area contributed by atoms with Crippen molar-refractivity contribution in [2.75, 3.05) is 12.0 Å². The van der Waals surface area contributed by atoms with E-state index in [2.05, 4.69) is 15.9 Å². The Morgan fingerprint density at radius 3 is 2.60 bits per heavy atom. The average molecular weight is 555 g/mol. The summed E-state index contributed by atoms with van der Waals surface area (Å²) in [5.41, 5.74) is 1.04. The maximum Gasteiger partial charge on any atom is 0.294 e. The van der Waals surface area contributed by atoms with Gasteiger partial charge in [-0.25, -0.2) is 0 Å². The number of hydrogen-bond donors (Lipinski definition) is 2. The number of carbonyl (C=O) groups is 2. The second-order valence-electron chi connectivity index (χ2n) is 7.87. The Morgan fingerprint density at radius 1 is 1.09 bits per heavy atom. The molecule has 1 aliphatic heterocycles. The van der Waals surface area contributed by atoms with Crippen molar-refractivity contribution in [2.45, 2.75) is 6.04 Å². The number of hydrogen-bond acceptors (Lipinski definition) is 6. The lowest BCUT2D eigenvalue weighted by Gasteiger charge is -2.27. The molecule has 2 N–H and O–H groups in total. The largest absolute Gasteiger partial charge is 0.504 e. The van der Waals surface area contributed by atoms with Crippen LogP contribution in [-0.4, -0.2) is 29.0 Å². The third kappa shape index (κ3) is 3.94. The summed E-state index contributed by atoms with van der Waals surface area (Å²) in [5.74, 6) is -2.16. The van der Waals surface area contributed by atoms with Crippen LogP contribution in [0, 0.1) is 0 Å². The van der Waals surface area contributed by atoms with Crippen LogP contribution in [0.5, 0.6) is 11.5 Å². The number of carbonyl (C=O) groups excluding carboxylic acids is 2. The molecule has 0 radical (unpaired) electrons. The van der Waals surface area contributed by atoms with Crippen molar-refractivity contribution in [3.63, 3.8) is 0 Å². The number of methoxy groups -OCH3 is 1. The van der Waals surface area contributed by atoms with E-state index < -0.39 is 23.5 Å². The molecular weight excluding hydrogens is 538 g/mol. The monoisotopic (exact) mass is 553 g/mol. The molecule has 1 unspecified atom stereocenters. The lowest BCUT2D eigenvalue weighted by Crippen LogP contribution is -2.31. The summed E-state index contributed by atoms with van der Waals surface area (Å²) in [7, 11) is 1.41. The molecule has 1 amide bonds. The van der Waals surface area contributed by atoms with E-state index in [1.807, 2.05) is 0 Å². The molecule has 1 atom stereocenters. The van der Waals surface area contributed by atoms with Crippen molar-refractivity contribution in [1.29, 1.82) is 0 Å². The quantitative estimate of drug-likeness (QED) is 0.279. The summed E-state index contributed by atoms with van der Waals surface area (Å²) < 4.78 is 11.7. The zero-order valence-corrected chi connectivity index (χ0v) is 20.5. The molecule has 0 fully saturated rings. The summed E-state index contributed by atoms with van der Waals surface area (Å²) in [5, 5.41) is 22.4. The van der Waals surface area contributed by atoms with Crippen molar-refractivity contribution in [3.05, 3.63) is 98.9 Å². The molecular formula is C26H17BrClNO6. The fraction of sp³-hybridized carbons (Fsp3) is 0.0769. The molecule has 0 bridgehead atoms. The lowest BCUT2D eigenvalue weighted by atomic mass is 9.94.